The molecule has 3 aromatic rings. The highest BCUT2D eigenvalue weighted by Crippen LogP contribution is 2.36. The third kappa shape index (κ3) is 4.33. The zero-order valence-corrected chi connectivity index (χ0v) is 18.9. The highest BCUT2D eigenvalue weighted by molar-refractivity contribution is 7.80. The molecule has 0 atom stereocenters. The average Bonchev–Trinajstić information content (AvgIpc) is 3.09. The summed E-state index contributed by atoms with van der Waals surface area (Å²) >= 11 is 5.26. The fourth-order valence-corrected chi connectivity index (χ4v) is 3.79. The van der Waals surface area contributed by atoms with E-state index in [1.165, 1.54) is 7.11 Å². The van der Waals surface area contributed by atoms with E-state index in [4.69, 9.17) is 17.0 Å². The first-order valence-corrected chi connectivity index (χ1v) is 10.7. The van der Waals surface area contributed by atoms with Crippen molar-refractivity contribution < 1.29 is 19.1 Å². The number of aryl methyl sites for hydroxylation is 1. The van der Waals surface area contributed by atoms with Crippen molar-refractivity contribution in [3.8, 4) is 5.75 Å². The first kappa shape index (κ1) is 22.2. The van der Waals surface area contributed by atoms with Gasteiger partial charge in [0.1, 0.15) is 5.75 Å². The zero-order valence-electron chi connectivity index (χ0n) is 18.0. The van der Waals surface area contributed by atoms with Gasteiger partial charge in [-0.05, 0) is 60.6 Å². The molecule has 166 valence electrons. The van der Waals surface area contributed by atoms with Crippen LogP contribution in [0.1, 0.15) is 43.6 Å². The zero-order chi connectivity index (χ0) is 23.5. The van der Waals surface area contributed by atoms with Crippen LogP contribution in [0.2, 0.25) is 0 Å². The van der Waals surface area contributed by atoms with E-state index in [-0.39, 0.29) is 11.0 Å². The molecular weight excluding hydrogens is 438 g/mol. The summed E-state index contributed by atoms with van der Waals surface area (Å²) in [5, 5.41) is 5.67. The second-order valence-electron chi connectivity index (χ2n) is 7.34. The van der Waals surface area contributed by atoms with Gasteiger partial charge in [0.25, 0.3) is 17.7 Å². The minimum atomic E-state index is -0.411. The van der Waals surface area contributed by atoms with Crippen LogP contribution in [-0.4, -0.2) is 29.9 Å². The fraction of sp³-hybridized carbons (Fsp3) is 0.120. The first-order valence-electron chi connectivity index (χ1n) is 10.3. The molecule has 0 bridgehead atoms. The number of hydrogen-bond acceptors (Lipinski definition) is 5. The number of nitrogens with one attached hydrogen (secondary N) is 2. The van der Waals surface area contributed by atoms with Crippen LogP contribution in [0, 0.1) is 0 Å². The molecule has 1 aliphatic heterocycles. The van der Waals surface area contributed by atoms with Crippen molar-refractivity contribution in [2.24, 2.45) is 0 Å². The van der Waals surface area contributed by atoms with Crippen LogP contribution in [-0.2, 0) is 6.42 Å². The van der Waals surface area contributed by atoms with E-state index in [2.05, 4.69) is 10.6 Å². The van der Waals surface area contributed by atoms with Gasteiger partial charge in [-0.2, -0.15) is 0 Å². The van der Waals surface area contributed by atoms with E-state index in [0.29, 0.717) is 33.8 Å². The van der Waals surface area contributed by atoms with Gasteiger partial charge in [0.15, 0.2) is 5.11 Å². The molecule has 0 spiro atoms. The Kier molecular flexibility index (Phi) is 6.19. The Hall–Kier alpha value is -4.04. The second-order valence-corrected chi connectivity index (χ2v) is 7.74. The molecule has 0 saturated carbocycles. The lowest BCUT2D eigenvalue weighted by Crippen LogP contribution is -2.34. The van der Waals surface area contributed by atoms with Crippen LogP contribution in [0.3, 0.4) is 0 Å². The molecule has 1 aliphatic rings. The van der Waals surface area contributed by atoms with Crippen molar-refractivity contribution in [1.82, 2.24) is 5.32 Å². The maximum absolute atomic E-state index is 12.8. The molecule has 33 heavy (non-hydrogen) atoms. The molecule has 3 aromatic carbocycles. The predicted octanol–water partition coefficient (Wildman–Crippen LogP) is 4.19. The predicted molar refractivity (Wildman–Crippen MR) is 130 cm³/mol. The normalized spacial score (nSPS) is 12.4. The van der Waals surface area contributed by atoms with Crippen molar-refractivity contribution in [1.29, 1.82) is 0 Å². The van der Waals surface area contributed by atoms with E-state index < -0.39 is 11.8 Å². The summed E-state index contributed by atoms with van der Waals surface area (Å²) in [4.78, 5) is 39.1. The van der Waals surface area contributed by atoms with Crippen molar-refractivity contribution in [3.63, 3.8) is 0 Å². The third-order valence-corrected chi connectivity index (χ3v) is 5.53. The molecule has 8 heteroatoms. The molecule has 1 heterocycles. The van der Waals surface area contributed by atoms with Gasteiger partial charge < -0.3 is 10.1 Å². The van der Waals surface area contributed by atoms with Crippen molar-refractivity contribution in [2.45, 2.75) is 13.3 Å². The highest BCUT2D eigenvalue weighted by atomic mass is 32.1. The molecule has 4 rings (SSSR count). The van der Waals surface area contributed by atoms with Gasteiger partial charge in [-0.25, -0.2) is 4.90 Å². The van der Waals surface area contributed by atoms with E-state index in [0.717, 1.165) is 16.9 Å². The standard InChI is InChI=1S/C25H21N3O4S/c1-3-15-8-10-16(11-9-15)22(29)27-25(33)26-17-12-13-20(21(14-17)32-2)28-23(30)18-6-4-5-7-19(18)24(28)31/h4-14H,3H2,1-2H3,(H2,26,27,29,33). The van der Waals surface area contributed by atoms with Crippen LogP contribution >= 0.6 is 12.2 Å². The van der Waals surface area contributed by atoms with Gasteiger partial charge in [-0.15, -0.1) is 0 Å². The molecule has 2 N–H and O–H groups in total. The topological polar surface area (TPSA) is 87.7 Å². The van der Waals surface area contributed by atoms with Gasteiger partial charge >= 0.3 is 0 Å². The van der Waals surface area contributed by atoms with E-state index in [1.807, 2.05) is 19.1 Å². The minimum absolute atomic E-state index is 0.107. The number of hydrogen-bond donors (Lipinski definition) is 2. The van der Waals surface area contributed by atoms with Crippen molar-refractivity contribution in [2.75, 3.05) is 17.3 Å². The maximum Gasteiger partial charge on any atom is 0.266 e. The average molecular weight is 460 g/mol. The summed E-state index contributed by atoms with van der Waals surface area (Å²) in [6, 6.07) is 18.8. The summed E-state index contributed by atoms with van der Waals surface area (Å²) in [6.07, 6.45) is 0.889. The van der Waals surface area contributed by atoms with E-state index in [9.17, 15) is 14.4 Å². The van der Waals surface area contributed by atoms with Crippen LogP contribution < -0.4 is 20.3 Å². The number of thiocarbonyl (C=S) groups is 1. The number of rotatable bonds is 5. The molecule has 0 radical (unpaired) electrons. The van der Waals surface area contributed by atoms with E-state index in [1.54, 1.807) is 54.6 Å². The number of imide groups is 1. The number of carbonyl (C=O) groups excluding carboxylic acids is 3. The van der Waals surface area contributed by atoms with Crippen molar-refractivity contribution in [3.05, 3.63) is 89.0 Å². The molecule has 0 aromatic heterocycles. The molecule has 0 saturated heterocycles. The number of benzene rings is 3. The number of carbonyl (C=O) groups is 3. The summed E-state index contributed by atoms with van der Waals surface area (Å²) in [5.74, 6) is -0.846. The molecule has 3 amide bonds. The smallest absolute Gasteiger partial charge is 0.266 e. The second kappa shape index (κ2) is 9.22. The fourth-order valence-electron chi connectivity index (χ4n) is 3.58. The molecule has 0 unspecified atom stereocenters. The Balaban J connectivity index is 1.49. The van der Waals surface area contributed by atoms with Crippen molar-refractivity contribution >= 4 is 46.4 Å². The van der Waals surface area contributed by atoms with E-state index >= 15 is 0 Å². The lowest BCUT2D eigenvalue weighted by Gasteiger charge is -2.19. The Morgan fingerprint density at radius 3 is 2.18 bits per heavy atom. The molecule has 0 fully saturated rings. The summed E-state index contributed by atoms with van der Waals surface area (Å²) in [7, 11) is 1.45. The molecular formula is C25H21N3O4S. The van der Waals surface area contributed by atoms with Gasteiger partial charge in [-0.1, -0.05) is 31.2 Å². The number of ether oxygens (including phenoxy) is 1. The minimum Gasteiger partial charge on any atom is -0.494 e. The van der Waals surface area contributed by atoms with Crippen LogP contribution in [0.4, 0.5) is 11.4 Å². The highest BCUT2D eigenvalue weighted by Gasteiger charge is 2.37. The van der Waals surface area contributed by atoms with Gasteiger partial charge in [0.2, 0.25) is 0 Å². The summed E-state index contributed by atoms with van der Waals surface area (Å²) in [6.45, 7) is 2.04. The number of methoxy groups -OCH3 is 1. The van der Waals surface area contributed by atoms with Crippen LogP contribution in [0.5, 0.6) is 5.75 Å². The lowest BCUT2D eigenvalue weighted by atomic mass is 10.1. The third-order valence-electron chi connectivity index (χ3n) is 5.32. The quantitative estimate of drug-likeness (QED) is 0.440. The van der Waals surface area contributed by atoms with Gasteiger partial charge in [0, 0.05) is 17.3 Å². The maximum atomic E-state index is 12.8. The number of nitrogens with zero attached hydrogens (tertiary/aromatic N) is 1. The monoisotopic (exact) mass is 459 g/mol. The lowest BCUT2D eigenvalue weighted by molar-refractivity contribution is 0.0922. The largest absolute Gasteiger partial charge is 0.494 e. The van der Waals surface area contributed by atoms with Crippen LogP contribution in [0.25, 0.3) is 0 Å². The SMILES string of the molecule is CCc1ccc(C(=O)NC(=S)Nc2ccc(N3C(=O)c4ccccc4C3=O)c(OC)c2)cc1. The Morgan fingerprint density at radius 1 is 0.970 bits per heavy atom. The van der Waals surface area contributed by atoms with Gasteiger partial charge in [-0.3, -0.25) is 19.7 Å². The Morgan fingerprint density at radius 2 is 1.61 bits per heavy atom. The molecule has 0 aliphatic carbocycles. The molecule has 7 nitrogen and oxygen atoms in total. The Labute approximate surface area is 196 Å². The van der Waals surface area contributed by atoms with Gasteiger partial charge in [0.05, 0.1) is 23.9 Å². The number of anilines is 2. The summed E-state index contributed by atoms with van der Waals surface area (Å²) in [5.41, 5.74) is 3.18. The Bertz CT molecular complexity index is 1240. The first-order chi connectivity index (χ1) is 15.9. The summed E-state index contributed by atoms with van der Waals surface area (Å²) < 4.78 is 5.43. The van der Waals surface area contributed by atoms with Crippen LogP contribution in [0.15, 0.2) is 66.7 Å². The number of amides is 3. The number of fused-ring (bicyclic) bond motifs is 1.